The van der Waals surface area contributed by atoms with E-state index in [0.717, 1.165) is 52.3 Å². The predicted molar refractivity (Wildman–Crippen MR) is 175 cm³/mol. The molecule has 0 saturated carbocycles. The Bertz CT molecular complexity index is 1600. The van der Waals surface area contributed by atoms with E-state index in [1.807, 2.05) is 69.0 Å². The van der Waals surface area contributed by atoms with Crippen molar-refractivity contribution in [1.29, 1.82) is 0 Å². The van der Waals surface area contributed by atoms with Crippen LogP contribution in [-0.2, 0) is 15.1 Å². The summed E-state index contributed by atoms with van der Waals surface area (Å²) >= 11 is 0. The van der Waals surface area contributed by atoms with E-state index in [1.165, 1.54) is 0 Å². The number of benzene rings is 3. The van der Waals surface area contributed by atoms with Gasteiger partial charge in [0.2, 0.25) is 0 Å². The Hall–Kier alpha value is -4.99. The van der Waals surface area contributed by atoms with Gasteiger partial charge in [0.25, 0.3) is 5.91 Å². The number of urea groups is 1. The lowest BCUT2D eigenvalue weighted by molar-refractivity contribution is -0.138. The molecule has 0 atom stereocenters. The Morgan fingerprint density at radius 2 is 1.47 bits per heavy atom. The van der Waals surface area contributed by atoms with Gasteiger partial charge in [-0.1, -0.05) is 24.8 Å². The molecular formula is C35H41N5O5. The van der Waals surface area contributed by atoms with E-state index in [-0.39, 0.29) is 32.1 Å². The van der Waals surface area contributed by atoms with E-state index < -0.39 is 17.5 Å². The third-order valence-electron chi connectivity index (χ3n) is 8.17. The number of anilines is 2. The Kier molecular flexibility index (Phi) is 9.04. The van der Waals surface area contributed by atoms with Crippen LogP contribution in [0, 0.1) is 13.8 Å². The van der Waals surface area contributed by atoms with Crippen LogP contribution in [0.4, 0.5) is 16.2 Å². The predicted octanol–water partition coefficient (Wildman–Crippen LogP) is 5.44. The first-order valence-corrected chi connectivity index (χ1v) is 15.3. The number of amides is 3. The number of carbonyl (C=O) groups is 3. The van der Waals surface area contributed by atoms with Crippen LogP contribution in [0.25, 0.3) is 0 Å². The minimum absolute atomic E-state index is 0.0260. The van der Waals surface area contributed by atoms with Gasteiger partial charge in [-0.3, -0.25) is 4.79 Å². The fourth-order valence-corrected chi connectivity index (χ4v) is 6.19. The largest absolute Gasteiger partial charge is 0.460 e. The number of rotatable bonds is 11. The molecule has 0 aliphatic carbocycles. The minimum Gasteiger partial charge on any atom is -0.460 e. The van der Waals surface area contributed by atoms with E-state index in [1.54, 1.807) is 6.92 Å². The van der Waals surface area contributed by atoms with Gasteiger partial charge in [0.05, 0.1) is 6.54 Å². The van der Waals surface area contributed by atoms with Crippen molar-refractivity contribution in [1.82, 2.24) is 15.5 Å². The lowest BCUT2D eigenvalue weighted by Crippen LogP contribution is -2.50. The number of carbonyl (C=O) groups excluding carboxylic acids is 3. The van der Waals surface area contributed by atoms with Crippen LogP contribution in [0.5, 0.6) is 11.5 Å². The average molecular weight is 612 g/mol. The van der Waals surface area contributed by atoms with Crippen molar-refractivity contribution in [2.75, 3.05) is 50.0 Å². The summed E-state index contributed by atoms with van der Waals surface area (Å²) in [7, 11) is 0. The fourth-order valence-electron chi connectivity index (χ4n) is 6.19. The van der Waals surface area contributed by atoms with Crippen LogP contribution in [0.3, 0.4) is 0 Å². The van der Waals surface area contributed by atoms with E-state index in [9.17, 15) is 14.4 Å². The monoisotopic (exact) mass is 611 g/mol. The van der Waals surface area contributed by atoms with Gasteiger partial charge in [-0.2, -0.15) is 0 Å². The zero-order chi connectivity index (χ0) is 32.3. The first-order valence-electron chi connectivity index (χ1n) is 15.3. The van der Waals surface area contributed by atoms with Crippen molar-refractivity contribution in [3.63, 3.8) is 0 Å². The average Bonchev–Trinajstić information content (AvgIpc) is 3.25. The number of nitrogens with one attached hydrogen (secondary N) is 4. The number of hydrogen-bond donors (Lipinski definition) is 4. The Morgan fingerprint density at radius 1 is 0.889 bits per heavy atom. The van der Waals surface area contributed by atoms with Gasteiger partial charge in [0.15, 0.2) is 0 Å². The van der Waals surface area contributed by atoms with Crippen LogP contribution in [0.2, 0.25) is 0 Å². The molecular weight excluding hydrogens is 570 g/mol. The van der Waals surface area contributed by atoms with Gasteiger partial charge in [-0.25, -0.2) is 9.59 Å². The highest BCUT2D eigenvalue weighted by Crippen LogP contribution is 2.58. The molecule has 10 heteroatoms. The smallest absolute Gasteiger partial charge is 0.333 e. The van der Waals surface area contributed by atoms with Crippen molar-refractivity contribution >= 4 is 29.3 Å². The van der Waals surface area contributed by atoms with Crippen molar-refractivity contribution in [2.45, 2.75) is 40.2 Å². The number of esters is 1. The Balaban J connectivity index is 1.54. The lowest BCUT2D eigenvalue weighted by atomic mass is 9.73. The lowest BCUT2D eigenvalue weighted by Gasteiger charge is -2.45. The van der Waals surface area contributed by atoms with Crippen molar-refractivity contribution in [2.24, 2.45) is 0 Å². The Morgan fingerprint density at radius 3 is 2.04 bits per heavy atom. The summed E-state index contributed by atoms with van der Waals surface area (Å²) < 4.78 is 11.7. The summed E-state index contributed by atoms with van der Waals surface area (Å²) in [5.41, 5.74) is 6.51. The first kappa shape index (κ1) is 31.4. The van der Waals surface area contributed by atoms with Crippen molar-refractivity contribution in [3.05, 3.63) is 94.1 Å². The number of fused-ring (bicyclic) bond motifs is 6. The molecule has 0 aromatic heterocycles. The maximum atomic E-state index is 14.3. The second-order valence-corrected chi connectivity index (χ2v) is 11.3. The van der Waals surface area contributed by atoms with E-state index in [0.29, 0.717) is 22.6 Å². The molecule has 2 aliphatic heterocycles. The molecule has 45 heavy (non-hydrogen) atoms. The first-order chi connectivity index (χ1) is 21.6. The summed E-state index contributed by atoms with van der Waals surface area (Å²) in [5.74, 6) is 0.701. The number of hydrogen-bond acceptors (Lipinski definition) is 7. The van der Waals surface area contributed by atoms with E-state index >= 15 is 0 Å². The molecule has 5 rings (SSSR count). The SMILES string of the molecule is C=C(C)C(=O)OCCNC(=O)NCCN1C(=O)c2ccccc2C12c1cc(C)c(NCC)cc1Oc1cc(NCC)c(C)cc12. The molecule has 10 nitrogen and oxygen atoms in total. The maximum absolute atomic E-state index is 14.3. The molecule has 0 saturated heterocycles. The van der Waals surface area contributed by atoms with Crippen molar-refractivity contribution < 1.29 is 23.9 Å². The molecule has 3 aromatic carbocycles. The summed E-state index contributed by atoms with van der Waals surface area (Å²) in [5, 5.41) is 12.4. The second kappa shape index (κ2) is 12.9. The quantitative estimate of drug-likeness (QED) is 0.129. The molecule has 1 spiro atoms. The fraction of sp³-hybridized carbons (Fsp3) is 0.343. The zero-order valence-corrected chi connectivity index (χ0v) is 26.6. The number of ether oxygens (including phenoxy) is 2. The Labute approximate surface area is 264 Å². The summed E-state index contributed by atoms with van der Waals surface area (Å²) in [6.07, 6.45) is 0. The van der Waals surface area contributed by atoms with E-state index in [4.69, 9.17) is 9.47 Å². The molecule has 0 unspecified atom stereocenters. The van der Waals surface area contributed by atoms with Gasteiger partial charge in [0.1, 0.15) is 23.6 Å². The normalized spacial score (nSPS) is 13.7. The summed E-state index contributed by atoms with van der Waals surface area (Å²) in [6.45, 7) is 15.4. The molecule has 3 amide bonds. The molecule has 0 radical (unpaired) electrons. The summed E-state index contributed by atoms with van der Waals surface area (Å²) in [6, 6.07) is 15.5. The van der Waals surface area contributed by atoms with Crippen LogP contribution < -0.4 is 26.0 Å². The highest BCUT2D eigenvalue weighted by molar-refractivity contribution is 6.02. The van der Waals surface area contributed by atoms with Crippen molar-refractivity contribution in [3.8, 4) is 11.5 Å². The minimum atomic E-state index is -0.990. The second-order valence-electron chi connectivity index (χ2n) is 11.3. The van der Waals surface area contributed by atoms with Crippen LogP contribution in [-0.4, -0.2) is 62.1 Å². The highest BCUT2D eigenvalue weighted by Gasteiger charge is 2.56. The zero-order valence-electron chi connectivity index (χ0n) is 26.6. The summed E-state index contributed by atoms with van der Waals surface area (Å²) in [4.78, 5) is 40.4. The van der Waals surface area contributed by atoms with Gasteiger partial charge < -0.3 is 35.6 Å². The number of aryl methyl sites for hydroxylation is 2. The van der Waals surface area contributed by atoms with Gasteiger partial charge in [-0.05, 0) is 69.5 Å². The highest BCUT2D eigenvalue weighted by atomic mass is 16.5. The molecule has 2 heterocycles. The number of nitrogens with zero attached hydrogens (tertiary/aromatic N) is 1. The van der Waals surface area contributed by atoms with Gasteiger partial charge >= 0.3 is 12.0 Å². The maximum Gasteiger partial charge on any atom is 0.333 e. The molecule has 0 bridgehead atoms. The van der Waals surface area contributed by atoms with Crippen LogP contribution in [0.1, 0.15) is 58.9 Å². The molecule has 2 aliphatic rings. The molecule has 3 aromatic rings. The third-order valence-corrected chi connectivity index (χ3v) is 8.17. The van der Waals surface area contributed by atoms with E-state index in [2.05, 4.69) is 40.0 Å². The molecule has 4 N–H and O–H groups in total. The third kappa shape index (κ3) is 5.68. The van der Waals surface area contributed by atoms with Crippen LogP contribution in [0.15, 0.2) is 60.7 Å². The standard InChI is InChI=1S/C35H41N5O5/c1-7-36-28-19-30-26(17-22(28)5)35(27-18-23(6)29(37-8-2)20-31(27)45-30)25-12-10-9-11-24(25)32(41)40(35)15-13-38-34(43)39-14-16-44-33(42)21(3)4/h9-12,17-20,36-37H,3,7-8,13-16H2,1-2,4-6H3,(H2,38,39,43). The molecule has 0 fully saturated rings. The topological polar surface area (TPSA) is 121 Å². The van der Waals surface area contributed by atoms with Gasteiger partial charge in [-0.15, -0.1) is 0 Å². The molecule has 236 valence electrons. The van der Waals surface area contributed by atoms with Gasteiger partial charge in [0, 0.05) is 71.9 Å². The van der Waals surface area contributed by atoms with Crippen LogP contribution >= 0.6 is 0 Å².